The van der Waals surface area contributed by atoms with Gasteiger partial charge in [-0.25, -0.2) is 9.78 Å². The van der Waals surface area contributed by atoms with Crippen LogP contribution in [0.25, 0.3) is 0 Å². The van der Waals surface area contributed by atoms with Gasteiger partial charge in [-0.05, 0) is 26.0 Å². The molecule has 0 unspecified atom stereocenters. The number of thiazole rings is 1. The quantitative estimate of drug-likeness (QED) is 0.609. The van der Waals surface area contributed by atoms with Crippen molar-refractivity contribution in [1.29, 1.82) is 0 Å². The van der Waals surface area contributed by atoms with Crippen LogP contribution in [0.15, 0.2) is 29.6 Å². The molecule has 0 aliphatic rings. The number of anilines is 1. The van der Waals surface area contributed by atoms with Crippen molar-refractivity contribution in [2.75, 3.05) is 12.4 Å². The maximum atomic E-state index is 13.9. The predicted molar refractivity (Wildman–Crippen MR) is 89.9 cm³/mol. The van der Waals surface area contributed by atoms with Crippen LogP contribution < -0.4 is 10.6 Å². The molecule has 0 bridgehead atoms. The maximum Gasteiger partial charge on any atom is 0.442 e. The number of methoxy groups -OCH3 is 1. The number of esters is 1. The van der Waals surface area contributed by atoms with Crippen LogP contribution in [0.2, 0.25) is 0 Å². The van der Waals surface area contributed by atoms with Gasteiger partial charge in [-0.3, -0.25) is 4.79 Å². The number of benzene rings is 1. The monoisotopic (exact) mass is 387 g/mol. The van der Waals surface area contributed by atoms with Gasteiger partial charge in [0, 0.05) is 10.9 Å². The highest BCUT2D eigenvalue weighted by Gasteiger charge is 2.64. The number of ether oxygens (including phenoxy) is 1. The van der Waals surface area contributed by atoms with Gasteiger partial charge in [0.25, 0.3) is 5.91 Å². The van der Waals surface area contributed by atoms with Gasteiger partial charge in [0.15, 0.2) is 5.13 Å². The van der Waals surface area contributed by atoms with Crippen molar-refractivity contribution in [1.82, 2.24) is 10.3 Å². The van der Waals surface area contributed by atoms with Crippen LogP contribution in [0.3, 0.4) is 0 Å². The molecule has 0 aliphatic carbocycles. The number of hydrogen-bond donors (Lipinski definition) is 2. The molecule has 26 heavy (non-hydrogen) atoms. The van der Waals surface area contributed by atoms with E-state index in [9.17, 15) is 22.8 Å². The summed E-state index contributed by atoms with van der Waals surface area (Å²) in [6, 6.07) is 5.95. The van der Waals surface area contributed by atoms with E-state index in [1.807, 2.05) is 5.32 Å². The molecule has 0 fully saturated rings. The van der Waals surface area contributed by atoms with Crippen LogP contribution in [0.1, 0.15) is 21.6 Å². The molecule has 2 rings (SSSR count). The number of aromatic nitrogens is 1. The Morgan fingerprint density at radius 2 is 1.92 bits per heavy atom. The first-order valence-corrected chi connectivity index (χ1v) is 8.21. The smallest absolute Gasteiger partial charge is 0.442 e. The van der Waals surface area contributed by atoms with Crippen molar-refractivity contribution in [3.63, 3.8) is 0 Å². The van der Waals surface area contributed by atoms with E-state index in [0.717, 1.165) is 18.4 Å². The highest BCUT2D eigenvalue weighted by atomic mass is 32.1. The molecule has 0 saturated heterocycles. The van der Waals surface area contributed by atoms with E-state index in [-0.39, 0.29) is 10.7 Å². The summed E-state index contributed by atoms with van der Waals surface area (Å²) in [4.78, 5) is 28.4. The van der Waals surface area contributed by atoms with E-state index < -0.39 is 23.7 Å². The van der Waals surface area contributed by atoms with Crippen LogP contribution in [-0.4, -0.2) is 35.8 Å². The Morgan fingerprint density at radius 1 is 1.23 bits per heavy atom. The van der Waals surface area contributed by atoms with Crippen LogP contribution in [0.4, 0.5) is 18.3 Å². The Labute approximate surface area is 151 Å². The minimum Gasteiger partial charge on any atom is -0.466 e. The first-order chi connectivity index (χ1) is 12.1. The number of aryl methyl sites for hydroxylation is 2. The zero-order valence-electron chi connectivity index (χ0n) is 14.1. The second-order valence-electron chi connectivity index (χ2n) is 5.48. The third kappa shape index (κ3) is 3.96. The summed E-state index contributed by atoms with van der Waals surface area (Å²) in [5.41, 5.74) is -2.37. The fourth-order valence-corrected chi connectivity index (χ4v) is 2.89. The lowest BCUT2D eigenvalue weighted by Crippen LogP contribution is -2.69. The fraction of sp³-hybridized carbons (Fsp3) is 0.312. The highest BCUT2D eigenvalue weighted by Crippen LogP contribution is 2.34. The molecule has 1 aromatic carbocycles. The standard InChI is InChI=1S/C16H16F3N3O3S/c1-9-5-4-6-11(7-9)12(23)21-15(13(24)25-3,16(17,18)19)22-14-20-10(2)8-26-14/h4-8H,1-3H3,(H,20,22)(H,21,23)/t15-/m1/s1. The van der Waals surface area contributed by atoms with Gasteiger partial charge in [-0.15, -0.1) is 11.3 Å². The Hall–Kier alpha value is -2.62. The van der Waals surface area contributed by atoms with E-state index in [2.05, 4.69) is 9.72 Å². The Morgan fingerprint density at radius 3 is 2.42 bits per heavy atom. The van der Waals surface area contributed by atoms with E-state index in [1.54, 1.807) is 25.2 Å². The zero-order valence-corrected chi connectivity index (χ0v) is 14.9. The lowest BCUT2D eigenvalue weighted by Gasteiger charge is -2.34. The zero-order chi connectivity index (χ0) is 19.5. The summed E-state index contributed by atoms with van der Waals surface area (Å²) in [6.07, 6.45) is -5.20. The van der Waals surface area contributed by atoms with E-state index in [0.29, 0.717) is 11.3 Å². The van der Waals surface area contributed by atoms with Crippen LogP contribution >= 0.6 is 11.3 Å². The number of carbonyl (C=O) groups is 2. The molecule has 2 N–H and O–H groups in total. The largest absolute Gasteiger partial charge is 0.466 e. The van der Waals surface area contributed by atoms with Crippen molar-refractivity contribution in [3.8, 4) is 0 Å². The van der Waals surface area contributed by atoms with E-state index >= 15 is 0 Å². The van der Waals surface area contributed by atoms with E-state index in [4.69, 9.17) is 0 Å². The number of amides is 1. The van der Waals surface area contributed by atoms with Gasteiger partial charge < -0.3 is 15.4 Å². The molecule has 1 atom stereocenters. The van der Waals surface area contributed by atoms with Crippen molar-refractivity contribution >= 4 is 28.3 Å². The first kappa shape index (κ1) is 19.7. The van der Waals surface area contributed by atoms with Crippen molar-refractivity contribution < 1.29 is 27.5 Å². The number of halogens is 3. The number of carbonyl (C=O) groups excluding carboxylic acids is 2. The van der Waals surface area contributed by atoms with Gasteiger partial charge in [0.05, 0.1) is 12.8 Å². The molecule has 0 aliphatic heterocycles. The fourth-order valence-electron chi connectivity index (χ4n) is 2.14. The molecule has 6 nitrogen and oxygen atoms in total. The SMILES string of the molecule is COC(=O)[C@@](NC(=O)c1cccc(C)c1)(Nc1nc(C)cs1)C(F)(F)F. The van der Waals surface area contributed by atoms with E-state index in [1.165, 1.54) is 23.6 Å². The number of hydrogen-bond acceptors (Lipinski definition) is 6. The average molecular weight is 387 g/mol. The number of rotatable bonds is 5. The highest BCUT2D eigenvalue weighted by molar-refractivity contribution is 7.13. The summed E-state index contributed by atoms with van der Waals surface area (Å²) >= 11 is 0.864. The topological polar surface area (TPSA) is 80.3 Å². The molecule has 0 spiro atoms. The molecule has 2 aromatic rings. The van der Waals surface area contributed by atoms with Crippen molar-refractivity contribution in [3.05, 3.63) is 46.5 Å². The van der Waals surface area contributed by atoms with Gasteiger partial charge >= 0.3 is 17.8 Å². The molecule has 0 saturated carbocycles. The summed E-state index contributed by atoms with van der Waals surface area (Å²) in [5.74, 6) is -2.80. The van der Waals surface area contributed by atoms with Crippen LogP contribution in [-0.2, 0) is 9.53 Å². The number of nitrogens with one attached hydrogen (secondary N) is 2. The van der Waals surface area contributed by atoms with Crippen LogP contribution in [0.5, 0.6) is 0 Å². The molecule has 1 amide bonds. The Bertz CT molecular complexity index is 822. The maximum absolute atomic E-state index is 13.9. The molecule has 0 radical (unpaired) electrons. The summed E-state index contributed by atoms with van der Waals surface area (Å²) < 4.78 is 45.9. The third-order valence-electron chi connectivity index (χ3n) is 3.41. The number of nitrogens with zero attached hydrogens (tertiary/aromatic N) is 1. The summed E-state index contributed by atoms with van der Waals surface area (Å²) in [6.45, 7) is 3.27. The van der Waals surface area contributed by atoms with Crippen molar-refractivity contribution in [2.24, 2.45) is 0 Å². The van der Waals surface area contributed by atoms with Crippen LogP contribution in [0, 0.1) is 13.8 Å². The minimum atomic E-state index is -5.20. The minimum absolute atomic E-state index is 0.0281. The lowest BCUT2D eigenvalue weighted by atomic mass is 10.1. The third-order valence-corrected chi connectivity index (χ3v) is 4.29. The number of alkyl halides is 3. The van der Waals surface area contributed by atoms with Crippen molar-refractivity contribution in [2.45, 2.75) is 25.7 Å². The second-order valence-corrected chi connectivity index (χ2v) is 6.34. The second kappa shape index (κ2) is 7.32. The lowest BCUT2D eigenvalue weighted by molar-refractivity contribution is -0.203. The normalized spacial score (nSPS) is 13.6. The van der Waals surface area contributed by atoms with Gasteiger partial charge in [0.1, 0.15) is 0 Å². The summed E-state index contributed by atoms with van der Waals surface area (Å²) in [7, 11) is 0.802. The Kier molecular flexibility index (Phi) is 5.55. The van der Waals surface area contributed by atoms with Gasteiger partial charge in [0.2, 0.25) is 0 Å². The molecule has 10 heteroatoms. The molecule has 1 aromatic heterocycles. The molecular formula is C16H16F3N3O3S. The molecule has 1 heterocycles. The first-order valence-electron chi connectivity index (χ1n) is 7.33. The van der Waals surface area contributed by atoms with Gasteiger partial charge in [-0.1, -0.05) is 17.7 Å². The molecule has 140 valence electrons. The average Bonchev–Trinajstić information content (AvgIpc) is 2.97. The summed E-state index contributed by atoms with van der Waals surface area (Å²) in [5, 5.41) is 5.05. The van der Waals surface area contributed by atoms with Gasteiger partial charge in [-0.2, -0.15) is 13.2 Å². The predicted octanol–water partition coefficient (Wildman–Crippen LogP) is 3.03. The molecular weight excluding hydrogens is 371 g/mol. The Balaban J connectivity index is 2.47.